The van der Waals surface area contributed by atoms with E-state index in [0.717, 1.165) is 21.3 Å². The highest BCUT2D eigenvalue weighted by Crippen LogP contribution is 2.30. The van der Waals surface area contributed by atoms with Crippen molar-refractivity contribution in [1.29, 1.82) is 0 Å². The maximum Gasteiger partial charge on any atom is 0.337 e. The summed E-state index contributed by atoms with van der Waals surface area (Å²) >= 11 is 9.29. The maximum atomic E-state index is 11.3. The zero-order chi connectivity index (χ0) is 14.9. The Morgan fingerprint density at radius 1 is 1.20 bits per heavy atom. The second-order valence-corrected chi connectivity index (χ2v) is 5.89. The van der Waals surface area contributed by atoms with Crippen LogP contribution in [0.25, 0.3) is 0 Å². The number of carboxylic acids is 1. The number of hydrogen-bond acceptors (Lipinski definition) is 2. The quantitative estimate of drug-likeness (QED) is 0.800. The van der Waals surface area contributed by atoms with Crippen molar-refractivity contribution < 1.29 is 9.90 Å². The molecule has 20 heavy (non-hydrogen) atoms. The van der Waals surface area contributed by atoms with Gasteiger partial charge in [0.2, 0.25) is 0 Å². The molecule has 0 aromatic heterocycles. The van der Waals surface area contributed by atoms with E-state index in [1.165, 1.54) is 6.07 Å². The first-order valence-corrected chi connectivity index (χ1v) is 7.12. The van der Waals surface area contributed by atoms with Gasteiger partial charge in [0.15, 0.2) is 0 Å². The molecule has 0 saturated heterocycles. The molecule has 2 aromatic rings. The highest BCUT2D eigenvalue weighted by Gasteiger charge is 2.13. The number of carboxylic acid groups (broad SMARTS) is 1. The third-order valence-electron chi connectivity index (χ3n) is 2.97. The van der Waals surface area contributed by atoms with Crippen LogP contribution in [-0.2, 0) is 0 Å². The van der Waals surface area contributed by atoms with Gasteiger partial charge in [-0.1, -0.05) is 27.5 Å². The van der Waals surface area contributed by atoms with Gasteiger partial charge in [-0.15, -0.1) is 0 Å². The molecule has 2 rings (SSSR count). The summed E-state index contributed by atoms with van der Waals surface area (Å²) < 4.78 is 0.993. The first kappa shape index (κ1) is 14.9. The largest absolute Gasteiger partial charge is 0.478 e. The average Bonchev–Trinajstić information content (AvgIpc) is 2.34. The molecule has 0 radical (unpaired) electrons. The fourth-order valence-electron chi connectivity index (χ4n) is 2.04. The van der Waals surface area contributed by atoms with E-state index in [1.54, 1.807) is 12.1 Å². The summed E-state index contributed by atoms with van der Waals surface area (Å²) in [7, 11) is 0. The van der Waals surface area contributed by atoms with Gasteiger partial charge in [0.1, 0.15) is 0 Å². The van der Waals surface area contributed by atoms with Crippen LogP contribution in [0.4, 0.5) is 11.4 Å². The lowest BCUT2D eigenvalue weighted by Crippen LogP contribution is -2.04. The van der Waals surface area contributed by atoms with Gasteiger partial charge in [-0.3, -0.25) is 0 Å². The van der Waals surface area contributed by atoms with Gasteiger partial charge in [0.05, 0.1) is 11.3 Å². The maximum absolute atomic E-state index is 11.3. The number of aromatic carboxylic acids is 1. The molecule has 0 amide bonds. The van der Waals surface area contributed by atoms with Crippen LogP contribution in [0.1, 0.15) is 21.5 Å². The van der Waals surface area contributed by atoms with Gasteiger partial charge in [0, 0.05) is 15.2 Å². The molecule has 0 aliphatic rings. The zero-order valence-electron chi connectivity index (χ0n) is 11.0. The Bertz CT molecular complexity index is 663. The Hall–Kier alpha value is -1.52. The minimum Gasteiger partial charge on any atom is -0.478 e. The summed E-state index contributed by atoms with van der Waals surface area (Å²) in [6.07, 6.45) is 0. The molecule has 0 atom stereocenters. The molecule has 0 fully saturated rings. The van der Waals surface area contributed by atoms with Gasteiger partial charge in [-0.2, -0.15) is 0 Å². The Labute approximate surface area is 130 Å². The van der Waals surface area contributed by atoms with E-state index in [-0.39, 0.29) is 5.56 Å². The molecule has 0 saturated carbocycles. The molecule has 2 aromatic carbocycles. The molecule has 2 N–H and O–H groups in total. The number of nitrogens with one attached hydrogen (secondary N) is 1. The predicted octanol–water partition coefficient (Wildman–Crippen LogP) is 5.16. The third kappa shape index (κ3) is 3.14. The Morgan fingerprint density at radius 3 is 2.35 bits per heavy atom. The summed E-state index contributed by atoms with van der Waals surface area (Å²) in [5.41, 5.74) is 3.64. The predicted molar refractivity (Wildman–Crippen MR) is 85.3 cm³/mol. The molecule has 5 heteroatoms. The Balaban J connectivity index is 2.48. The van der Waals surface area contributed by atoms with Crippen molar-refractivity contribution in [2.45, 2.75) is 13.8 Å². The van der Waals surface area contributed by atoms with Gasteiger partial charge in [0.25, 0.3) is 0 Å². The van der Waals surface area contributed by atoms with Crippen molar-refractivity contribution in [2.75, 3.05) is 5.32 Å². The molecule has 0 aliphatic carbocycles. The molecule has 0 heterocycles. The van der Waals surface area contributed by atoms with Crippen LogP contribution < -0.4 is 5.32 Å². The van der Waals surface area contributed by atoms with Crippen LogP contribution in [0.3, 0.4) is 0 Å². The number of halogens is 2. The lowest BCUT2D eigenvalue weighted by Gasteiger charge is -2.15. The normalized spacial score (nSPS) is 10.4. The molecular formula is C15H13BrClNO2. The van der Waals surface area contributed by atoms with E-state index in [0.29, 0.717) is 10.7 Å². The Morgan fingerprint density at radius 2 is 1.80 bits per heavy atom. The van der Waals surface area contributed by atoms with Crippen LogP contribution in [0.5, 0.6) is 0 Å². The van der Waals surface area contributed by atoms with Crippen molar-refractivity contribution in [3.05, 3.63) is 56.5 Å². The van der Waals surface area contributed by atoms with Crippen LogP contribution >= 0.6 is 27.5 Å². The summed E-state index contributed by atoms with van der Waals surface area (Å²) in [6, 6.07) is 8.74. The van der Waals surface area contributed by atoms with Gasteiger partial charge >= 0.3 is 5.97 Å². The van der Waals surface area contributed by atoms with Crippen LogP contribution in [0.2, 0.25) is 5.02 Å². The monoisotopic (exact) mass is 353 g/mol. The number of anilines is 2. The SMILES string of the molecule is Cc1cc(Br)cc(C)c1Nc1ccc(Cl)cc1C(=O)O. The van der Waals surface area contributed by atoms with Crippen molar-refractivity contribution >= 4 is 44.9 Å². The minimum atomic E-state index is -1.01. The molecular weight excluding hydrogens is 342 g/mol. The van der Waals surface area contributed by atoms with Crippen molar-refractivity contribution in [3.8, 4) is 0 Å². The number of aryl methyl sites for hydroxylation is 2. The molecule has 3 nitrogen and oxygen atoms in total. The highest BCUT2D eigenvalue weighted by molar-refractivity contribution is 9.10. The van der Waals surface area contributed by atoms with Crippen LogP contribution in [0, 0.1) is 13.8 Å². The number of carbonyl (C=O) groups is 1. The molecule has 0 spiro atoms. The van der Waals surface area contributed by atoms with E-state index in [4.69, 9.17) is 11.6 Å². The topological polar surface area (TPSA) is 49.3 Å². The van der Waals surface area contributed by atoms with Crippen molar-refractivity contribution in [2.24, 2.45) is 0 Å². The molecule has 0 aliphatic heterocycles. The summed E-state index contributed by atoms with van der Waals surface area (Å²) in [5, 5.41) is 12.8. The van der Waals surface area contributed by atoms with Gasteiger partial charge in [-0.25, -0.2) is 4.79 Å². The first-order chi connectivity index (χ1) is 9.38. The fourth-order valence-corrected chi connectivity index (χ4v) is 2.90. The van der Waals surface area contributed by atoms with Crippen molar-refractivity contribution in [3.63, 3.8) is 0 Å². The molecule has 0 unspecified atom stereocenters. The van der Waals surface area contributed by atoms with E-state index in [9.17, 15) is 9.90 Å². The van der Waals surface area contributed by atoms with E-state index in [1.807, 2.05) is 26.0 Å². The lowest BCUT2D eigenvalue weighted by atomic mass is 10.1. The molecule has 0 bridgehead atoms. The van der Waals surface area contributed by atoms with Crippen molar-refractivity contribution in [1.82, 2.24) is 0 Å². The van der Waals surface area contributed by atoms with E-state index < -0.39 is 5.97 Å². The highest BCUT2D eigenvalue weighted by atomic mass is 79.9. The third-order valence-corrected chi connectivity index (χ3v) is 3.66. The fraction of sp³-hybridized carbons (Fsp3) is 0.133. The average molecular weight is 355 g/mol. The van der Waals surface area contributed by atoms with Crippen LogP contribution in [-0.4, -0.2) is 11.1 Å². The number of rotatable bonds is 3. The summed E-state index contributed by atoms with van der Waals surface area (Å²) in [6.45, 7) is 3.94. The number of benzene rings is 2. The number of hydrogen-bond donors (Lipinski definition) is 2. The smallest absolute Gasteiger partial charge is 0.337 e. The lowest BCUT2D eigenvalue weighted by molar-refractivity contribution is 0.0698. The second-order valence-electron chi connectivity index (χ2n) is 4.53. The van der Waals surface area contributed by atoms with E-state index in [2.05, 4.69) is 21.2 Å². The Kier molecular flexibility index (Phi) is 4.35. The van der Waals surface area contributed by atoms with E-state index >= 15 is 0 Å². The van der Waals surface area contributed by atoms with Gasteiger partial charge < -0.3 is 10.4 Å². The van der Waals surface area contributed by atoms with Gasteiger partial charge in [-0.05, 0) is 55.3 Å². The summed E-state index contributed by atoms with van der Waals surface area (Å²) in [4.78, 5) is 11.3. The zero-order valence-corrected chi connectivity index (χ0v) is 13.3. The standard InChI is InChI=1S/C15H13BrClNO2/c1-8-5-10(16)6-9(2)14(8)18-13-4-3-11(17)7-12(13)15(19)20/h3-7,18H,1-2H3,(H,19,20). The minimum absolute atomic E-state index is 0.152. The van der Waals surface area contributed by atoms with Crippen LogP contribution in [0.15, 0.2) is 34.8 Å². The first-order valence-electron chi connectivity index (χ1n) is 5.95. The second kappa shape index (κ2) is 5.85. The summed E-state index contributed by atoms with van der Waals surface area (Å²) in [5.74, 6) is -1.01. The molecule has 104 valence electrons.